The molecule has 1 amide bonds. The van der Waals surface area contributed by atoms with Crippen LogP contribution in [-0.2, 0) is 9.53 Å². The highest BCUT2D eigenvalue weighted by atomic mass is 16.5. The fourth-order valence-electron chi connectivity index (χ4n) is 1.72. The Labute approximate surface area is 117 Å². The zero-order valence-corrected chi connectivity index (χ0v) is 11.5. The molecule has 0 saturated carbocycles. The monoisotopic (exact) mass is 281 g/mol. The smallest absolute Gasteiger partial charge is 0.342 e. The molecule has 0 aromatic heterocycles. The number of rotatable bonds is 6. The van der Waals surface area contributed by atoms with E-state index in [4.69, 9.17) is 9.84 Å². The van der Waals surface area contributed by atoms with Crippen LogP contribution in [0.4, 0.5) is 0 Å². The summed E-state index contributed by atoms with van der Waals surface area (Å²) in [5.41, 5.74) is -0.0998. The van der Waals surface area contributed by atoms with Crippen LogP contribution in [0.1, 0.15) is 37.0 Å². The molecule has 1 aromatic carbocycles. The Morgan fingerprint density at radius 2 is 2.05 bits per heavy atom. The third kappa shape index (κ3) is 4.79. The predicted molar refractivity (Wildman–Crippen MR) is 72.6 cm³/mol. The summed E-state index contributed by atoms with van der Waals surface area (Å²) in [5, 5.41) is 21.3. The molecular formula is C14H19NO5. The van der Waals surface area contributed by atoms with Gasteiger partial charge in [0.05, 0.1) is 0 Å². The van der Waals surface area contributed by atoms with Crippen molar-refractivity contribution in [2.75, 3.05) is 6.61 Å². The Hall–Kier alpha value is -2.24. The summed E-state index contributed by atoms with van der Waals surface area (Å²) in [5.74, 6) is -1.77. The first-order valence-electron chi connectivity index (χ1n) is 6.42. The van der Waals surface area contributed by atoms with Crippen LogP contribution in [0.15, 0.2) is 18.2 Å². The minimum Gasteiger partial charge on any atom is -0.508 e. The normalized spacial score (nSPS) is 11.7. The Morgan fingerprint density at radius 3 is 2.65 bits per heavy atom. The largest absolute Gasteiger partial charge is 0.508 e. The van der Waals surface area contributed by atoms with Gasteiger partial charge in [0.15, 0.2) is 6.61 Å². The van der Waals surface area contributed by atoms with Crippen LogP contribution in [0.3, 0.4) is 0 Å². The summed E-state index contributed by atoms with van der Waals surface area (Å²) < 4.78 is 4.80. The van der Waals surface area contributed by atoms with Gasteiger partial charge >= 0.3 is 5.97 Å². The van der Waals surface area contributed by atoms with Crippen molar-refractivity contribution in [3.63, 3.8) is 0 Å². The number of carbonyl (C=O) groups is 2. The summed E-state index contributed by atoms with van der Waals surface area (Å²) in [4.78, 5) is 23.2. The lowest BCUT2D eigenvalue weighted by Gasteiger charge is -2.12. The first kappa shape index (κ1) is 15.8. The molecule has 0 aliphatic carbocycles. The van der Waals surface area contributed by atoms with Crippen molar-refractivity contribution in [1.82, 2.24) is 5.32 Å². The van der Waals surface area contributed by atoms with Gasteiger partial charge in [-0.1, -0.05) is 13.3 Å². The number of benzene rings is 1. The first-order valence-corrected chi connectivity index (χ1v) is 6.42. The lowest BCUT2D eigenvalue weighted by Crippen LogP contribution is -2.35. The SMILES string of the molecule is CCCC(C)NC(=O)COC(=O)c1ccc(O)cc1O. The van der Waals surface area contributed by atoms with E-state index >= 15 is 0 Å². The quantitative estimate of drug-likeness (QED) is 0.688. The van der Waals surface area contributed by atoms with E-state index in [1.54, 1.807) is 0 Å². The van der Waals surface area contributed by atoms with Crippen LogP contribution in [0.5, 0.6) is 11.5 Å². The Morgan fingerprint density at radius 1 is 1.35 bits per heavy atom. The molecule has 20 heavy (non-hydrogen) atoms. The maximum atomic E-state index is 11.6. The summed E-state index contributed by atoms with van der Waals surface area (Å²) in [7, 11) is 0. The van der Waals surface area contributed by atoms with Gasteiger partial charge in [-0.2, -0.15) is 0 Å². The van der Waals surface area contributed by atoms with Gasteiger partial charge < -0.3 is 20.3 Å². The lowest BCUT2D eigenvalue weighted by molar-refractivity contribution is -0.124. The molecule has 3 N–H and O–H groups in total. The number of esters is 1. The number of nitrogens with one attached hydrogen (secondary N) is 1. The molecule has 0 spiro atoms. The topological polar surface area (TPSA) is 95.9 Å². The maximum absolute atomic E-state index is 11.6. The molecule has 1 unspecified atom stereocenters. The van der Waals surface area contributed by atoms with E-state index in [1.807, 2.05) is 13.8 Å². The Bertz CT molecular complexity index is 486. The van der Waals surface area contributed by atoms with Crippen molar-refractivity contribution in [2.24, 2.45) is 0 Å². The van der Waals surface area contributed by atoms with Crippen molar-refractivity contribution >= 4 is 11.9 Å². The number of amides is 1. The van der Waals surface area contributed by atoms with E-state index in [-0.39, 0.29) is 17.4 Å². The van der Waals surface area contributed by atoms with E-state index in [0.29, 0.717) is 0 Å². The number of hydrogen-bond acceptors (Lipinski definition) is 5. The molecule has 0 saturated heterocycles. The van der Waals surface area contributed by atoms with Gasteiger partial charge in [0, 0.05) is 12.1 Å². The average Bonchev–Trinajstić information content (AvgIpc) is 2.36. The van der Waals surface area contributed by atoms with E-state index in [1.165, 1.54) is 12.1 Å². The molecular weight excluding hydrogens is 262 g/mol. The van der Waals surface area contributed by atoms with Crippen molar-refractivity contribution in [2.45, 2.75) is 32.7 Å². The van der Waals surface area contributed by atoms with Crippen molar-refractivity contribution in [1.29, 1.82) is 0 Å². The molecule has 1 aromatic rings. The minimum atomic E-state index is -0.819. The molecule has 0 aliphatic heterocycles. The van der Waals surface area contributed by atoms with Gasteiger partial charge in [-0.25, -0.2) is 4.79 Å². The van der Waals surface area contributed by atoms with Gasteiger partial charge in [-0.3, -0.25) is 4.79 Å². The maximum Gasteiger partial charge on any atom is 0.342 e. The van der Waals surface area contributed by atoms with E-state index < -0.39 is 24.2 Å². The molecule has 0 aliphatic rings. The Balaban J connectivity index is 2.49. The number of hydrogen-bond donors (Lipinski definition) is 3. The van der Waals surface area contributed by atoms with Crippen LogP contribution in [-0.4, -0.2) is 34.7 Å². The highest BCUT2D eigenvalue weighted by Crippen LogP contribution is 2.23. The van der Waals surface area contributed by atoms with E-state index in [0.717, 1.165) is 18.9 Å². The first-order chi connectivity index (χ1) is 9.43. The second-order valence-corrected chi connectivity index (χ2v) is 4.53. The fourth-order valence-corrected chi connectivity index (χ4v) is 1.72. The average molecular weight is 281 g/mol. The van der Waals surface area contributed by atoms with Gasteiger partial charge in [-0.05, 0) is 25.5 Å². The van der Waals surface area contributed by atoms with Crippen LogP contribution in [0, 0.1) is 0 Å². The number of phenolic OH excluding ortho intramolecular Hbond substituents is 2. The van der Waals surface area contributed by atoms with Crippen molar-refractivity contribution < 1.29 is 24.5 Å². The summed E-state index contributed by atoms with van der Waals surface area (Å²) >= 11 is 0. The van der Waals surface area contributed by atoms with E-state index in [2.05, 4.69) is 5.32 Å². The molecule has 0 bridgehead atoms. The van der Waals surface area contributed by atoms with Crippen molar-refractivity contribution in [3.05, 3.63) is 23.8 Å². The highest BCUT2D eigenvalue weighted by molar-refractivity contribution is 5.94. The molecule has 0 heterocycles. The summed E-state index contributed by atoms with van der Waals surface area (Å²) in [6.07, 6.45) is 1.79. The molecule has 0 radical (unpaired) electrons. The summed E-state index contributed by atoms with van der Waals surface area (Å²) in [6.45, 7) is 3.47. The van der Waals surface area contributed by atoms with Crippen molar-refractivity contribution in [3.8, 4) is 11.5 Å². The lowest BCUT2D eigenvalue weighted by atomic mass is 10.2. The third-order valence-corrected chi connectivity index (χ3v) is 2.66. The van der Waals surface area contributed by atoms with E-state index in [9.17, 15) is 14.7 Å². The number of ether oxygens (including phenoxy) is 1. The second kappa shape index (κ2) is 7.37. The number of phenols is 2. The van der Waals surface area contributed by atoms with Crippen LogP contribution in [0.2, 0.25) is 0 Å². The zero-order chi connectivity index (χ0) is 15.1. The Kier molecular flexibility index (Phi) is 5.83. The van der Waals surface area contributed by atoms with Gasteiger partial charge in [0.1, 0.15) is 17.1 Å². The molecule has 1 rings (SSSR count). The molecule has 110 valence electrons. The molecule has 0 fully saturated rings. The second-order valence-electron chi connectivity index (χ2n) is 4.53. The molecule has 6 nitrogen and oxygen atoms in total. The molecule has 6 heteroatoms. The minimum absolute atomic E-state index is 0.0216. The highest BCUT2D eigenvalue weighted by Gasteiger charge is 2.15. The molecule has 1 atom stereocenters. The summed E-state index contributed by atoms with van der Waals surface area (Å²) in [6, 6.07) is 3.53. The standard InChI is InChI=1S/C14H19NO5/c1-3-4-9(2)15-13(18)8-20-14(19)11-6-5-10(16)7-12(11)17/h5-7,9,16-17H,3-4,8H2,1-2H3,(H,15,18). The number of carbonyl (C=O) groups excluding carboxylic acids is 2. The van der Waals surface area contributed by atoms with Gasteiger partial charge in [0.25, 0.3) is 5.91 Å². The van der Waals surface area contributed by atoms with Crippen LogP contribution >= 0.6 is 0 Å². The number of aromatic hydroxyl groups is 2. The zero-order valence-electron chi connectivity index (χ0n) is 11.5. The third-order valence-electron chi connectivity index (χ3n) is 2.66. The fraction of sp³-hybridized carbons (Fsp3) is 0.429. The van der Waals surface area contributed by atoms with Crippen LogP contribution in [0.25, 0.3) is 0 Å². The predicted octanol–water partition coefficient (Wildman–Crippen LogP) is 1.56. The van der Waals surface area contributed by atoms with Gasteiger partial charge in [0.2, 0.25) is 0 Å². The van der Waals surface area contributed by atoms with Crippen LogP contribution < -0.4 is 5.32 Å². The van der Waals surface area contributed by atoms with Gasteiger partial charge in [-0.15, -0.1) is 0 Å².